The summed E-state index contributed by atoms with van der Waals surface area (Å²) >= 11 is 0. The molecule has 25 heavy (non-hydrogen) atoms. The Balaban J connectivity index is 1.64. The zero-order chi connectivity index (χ0) is 18.0. The molecule has 3 rings (SSSR count). The van der Waals surface area contributed by atoms with Gasteiger partial charge in [-0.2, -0.15) is 0 Å². The Hall–Kier alpha value is -1.59. The highest BCUT2D eigenvalue weighted by Crippen LogP contribution is 2.30. The Kier molecular flexibility index (Phi) is 5.35. The molecule has 138 valence electrons. The Bertz CT molecular complexity index is 616. The lowest BCUT2D eigenvalue weighted by atomic mass is 9.98. The van der Waals surface area contributed by atoms with Crippen molar-refractivity contribution in [1.82, 2.24) is 9.80 Å². The van der Waals surface area contributed by atoms with Crippen LogP contribution in [0, 0.1) is 0 Å². The Morgan fingerprint density at radius 2 is 2.08 bits per heavy atom. The first-order valence-electron chi connectivity index (χ1n) is 9.32. The van der Waals surface area contributed by atoms with Crippen LogP contribution in [0.15, 0.2) is 18.2 Å². The van der Waals surface area contributed by atoms with E-state index in [0.717, 1.165) is 50.1 Å². The van der Waals surface area contributed by atoms with Gasteiger partial charge in [-0.05, 0) is 51.2 Å². The van der Waals surface area contributed by atoms with Gasteiger partial charge >= 0.3 is 0 Å². The highest BCUT2D eigenvalue weighted by atomic mass is 16.5. The summed E-state index contributed by atoms with van der Waals surface area (Å²) in [6, 6.07) is 6.14. The van der Waals surface area contributed by atoms with E-state index >= 15 is 0 Å². The molecule has 0 radical (unpaired) electrons. The van der Waals surface area contributed by atoms with Gasteiger partial charge in [-0.15, -0.1) is 0 Å². The molecule has 1 aromatic carbocycles. The van der Waals surface area contributed by atoms with Gasteiger partial charge in [0.05, 0.1) is 17.8 Å². The minimum atomic E-state index is -0.672. The number of hydrogen-bond donors (Lipinski definition) is 1. The van der Waals surface area contributed by atoms with Crippen molar-refractivity contribution in [3.63, 3.8) is 0 Å². The van der Waals surface area contributed by atoms with Crippen molar-refractivity contribution in [2.75, 3.05) is 33.3 Å². The van der Waals surface area contributed by atoms with Crippen molar-refractivity contribution in [3.05, 3.63) is 29.3 Å². The molecule has 1 saturated heterocycles. The number of para-hydroxylation sites is 1. The molecule has 2 heterocycles. The van der Waals surface area contributed by atoms with Gasteiger partial charge in [0.25, 0.3) is 5.91 Å². The van der Waals surface area contributed by atoms with Gasteiger partial charge in [0, 0.05) is 32.7 Å². The maximum Gasteiger partial charge on any atom is 0.257 e. The van der Waals surface area contributed by atoms with Crippen LogP contribution >= 0.6 is 0 Å². The van der Waals surface area contributed by atoms with E-state index in [9.17, 15) is 9.90 Å². The fraction of sp³-hybridized carbons (Fsp3) is 0.650. The molecular weight excluding hydrogens is 316 g/mol. The number of aliphatic hydroxyl groups is 1. The number of hydrogen-bond acceptors (Lipinski definition) is 4. The Morgan fingerprint density at radius 3 is 2.76 bits per heavy atom. The number of ether oxygens (including phenoxy) is 1. The Morgan fingerprint density at radius 1 is 1.36 bits per heavy atom. The van der Waals surface area contributed by atoms with E-state index in [0.29, 0.717) is 18.7 Å². The zero-order valence-electron chi connectivity index (χ0n) is 15.6. The van der Waals surface area contributed by atoms with Crippen LogP contribution in [-0.2, 0) is 6.42 Å². The first-order chi connectivity index (χ1) is 11.8. The monoisotopic (exact) mass is 346 g/mol. The number of carbonyl (C=O) groups excluding carboxylic acids is 1. The van der Waals surface area contributed by atoms with Crippen molar-refractivity contribution in [3.8, 4) is 5.75 Å². The lowest BCUT2D eigenvalue weighted by Crippen LogP contribution is -2.48. The van der Waals surface area contributed by atoms with E-state index < -0.39 is 5.60 Å². The summed E-state index contributed by atoms with van der Waals surface area (Å²) in [4.78, 5) is 17.2. The van der Waals surface area contributed by atoms with Crippen molar-refractivity contribution >= 4 is 5.91 Å². The smallest absolute Gasteiger partial charge is 0.257 e. The molecule has 5 heteroatoms. The number of amides is 1. The van der Waals surface area contributed by atoms with E-state index in [4.69, 9.17) is 4.74 Å². The number of nitrogens with zero attached hydrogens (tertiary/aromatic N) is 2. The van der Waals surface area contributed by atoms with Crippen LogP contribution in [0.4, 0.5) is 0 Å². The normalized spacial score (nSPS) is 19.2. The first kappa shape index (κ1) is 18.2. The third-order valence-corrected chi connectivity index (χ3v) is 5.20. The van der Waals surface area contributed by atoms with Crippen molar-refractivity contribution in [2.45, 2.75) is 51.2 Å². The number of likely N-dealkylation sites (tertiary alicyclic amines) is 1. The van der Waals surface area contributed by atoms with Gasteiger partial charge < -0.3 is 19.6 Å². The van der Waals surface area contributed by atoms with Gasteiger partial charge in [-0.1, -0.05) is 12.1 Å². The molecule has 0 saturated carbocycles. The van der Waals surface area contributed by atoms with E-state index in [1.165, 1.54) is 0 Å². The molecule has 0 aromatic heterocycles. The number of fused-ring (bicyclic) bond motifs is 1. The summed E-state index contributed by atoms with van der Waals surface area (Å²) in [5, 5.41) is 9.97. The van der Waals surface area contributed by atoms with Crippen LogP contribution in [0.1, 0.15) is 49.0 Å². The predicted octanol–water partition coefficient (Wildman–Crippen LogP) is 2.32. The van der Waals surface area contributed by atoms with Crippen LogP contribution < -0.4 is 4.74 Å². The second kappa shape index (κ2) is 7.34. The van der Waals surface area contributed by atoms with Crippen molar-refractivity contribution in [1.29, 1.82) is 0 Å². The Labute approximate surface area is 150 Å². The summed E-state index contributed by atoms with van der Waals surface area (Å²) in [6.07, 6.45) is 3.87. The van der Waals surface area contributed by atoms with E-state index in [-0.39, 0.29) is 11.9 Å². The van der Waals surface area contributed by atoms with Crippen molar-refractivity contribution < 1.29 is 14.6 Å². The van der Waals surface area contributed by atoms with Crippen LogP contribution in [0.25, 0.3) is 0 Å². The topological polar surface area (TPSA) is 53.0 Å². The first-order valence-corrected chi connectivity index (χ1v) is 9.32. The SMILES string of the molecule is CN(C(=O)c1cccc2c1OCCC2)C1CCN(CC(C)(C)O)CC1. The molecule has 0 spiro atoms. The fourth-order valence-electron chi connectivity index (χ4n) is 3.93. The molecule has 5 nitrogen and oxygen atoms in total. The third kappa shape index (κ3) is 4.33. The largest absolute Gasteiger partial charge is 0.492 e. The average molecular weight is 346 g/mol. The molecule has 0 bridgehead atoms. The lowest BCUT2D eigenvalue weighted by molar-refractivity contribution is 0.0189. The predicted molar refractivity (Wildman–Crippen MR) is 98.1 cm³/mol. The fourth-order valence-corrected chi connectivity index (χ4v) is 3.93. The van der Waals surface area contributed by atoms with Gasteiger partial charge in [0.2, 0.25) is 0 Å². The number of carbonyl (C=O) groups is 1. The molecule has 1 aromatic rings. The van der Waals surface area contributed by atoms with E-state index in [1.807, 2.05) is 37.9 Å². The minimum absolute atomic E-state index is 0.0553. The van der Waals surface area contributed by atoms with E-state index in [1.54, 1.807) is 0 Å². The second-order valence-electron chi connectivity index (χ2n) is 7.98. The molecule has 2 aliphatic rings. The van der Waals surface area contributed by atoms with Gasteiger partial charge in [0.15, 0.2) is 0 Å². The highest BCUT2D eigenvalue weighted by Gasteiger charge is 2.30. The quantitative estimate of drug-likeness (QED) is 0.909. The summed E-state index contributed by atoms with van der Waals surface area (Å²) in [5.41, 5.74) is 1.17. The van der Waals surface area contributed by atoms with Crippen LogP contribution in [0.2, 0.25) is 0 Å². The van der Waals surface area contributed by atoms with Crippen LogP contribution in [-0.4, -0.2) is 65.7 Å². The summed E-state index contributed by atoms with van der Waals surface area (Å²) in [5.74, 6) is 0.838. The van der Waals surface area contributed by atoms with Crippen molar-refractivity contribution in [2.24, 2.45) is 0 Å². The minimum Gasteiger partial charge on any atom is -0.492 e. The molecule has 1 amide bonds. The molecule has 2 aliphatic heterocycles. The molecule has 0 atom stereocenters. The highest BCUT2D eigenvalue weighted by molar-refractivity contribution is 5.97. The zero-order valence-corrected chi connectivity index (χ0v) is 15.6. The average Bonchev–Trinajstić information content (AvgIpc) is 2.59. The maximum atomic E-state index is 13.0. The van der Waals surface area contributed by atoms with Crippen LogP contribution in [0.3, 0.4) is 0 Å². The van der Waals surface area contributed by atoms with Gasteiger partial charge in [0.1, 0.15) is 5.75 Å². The summed E-state index contributed by atoms with van der Waals surface area (Å²) in [6.45, 7) is 6.87. The second-order valence-corrected chi connectivity index (χ2v) is 7.98. The number of piperidine rings is 1. The number of rotatable bonds is 4. The molecular formula is C20H30N2O3. The molecule has 1 fully saturated rings. The third-order valence-electron chi connectivity index (χ3n) is 5.20. The number of aryl methyl sites for hydroxylation is 1. The molecule has 0 aliphatic carbocycles. The molecule has 1 N–H and O–H groups in total. The summed E-state index contributed by atoms with van der Waals surface area (Å²) < 4.78 is 5.80. The standard InChI is InChI=1S/C20H30N2O3/c1-20(2,24)14-22-11-9-16(10-12-22)21(3)19(23)17-8-4-6-15-7-5-13-25-18(15)17/h4,6,8,16,24H,5,7,9-14H2,1-3H3. The van der Waals surface area contributed by atoms with Gasteiger partial charge in [-0.25, -0.2) is 0 Å². The number of benzene rings is 1. The lowest BCUT2D eigenvalue weighted by Gasteiger charge is -2.39. The van der Waals surface area contributed by atoms with Crippen LogP contribution in [0.5, 0.6) is 5.75 Å². The number of β-amino-alcohol motifs (C(OH)–C–C–N with tert-alkyl or cyclic N) is 1. The van der Waals surface area contributed by atoms with E-state index in [2.05, 4.69) is 11.0 Å². The molecule has 0 unspecified atom stereocenters. The maximum absolute atomic E-state index is 13.0. The summed E-state index contributed by atoms with van der Waals surface area (Å²) in [7, 11) is 1.90. The van der Waals surface area contributed by atoms with Gasteiger partial charge in [-0.3, -0.25) is 4.79 Å².